The van der Waals surface area contributed by atoms with Gasteiger partial charge in [-0.05, 0) is 81.3 Å². The van der Waals surface area contributed by atoms with Gasteiger partial charge >= 0.3 is 5.97 Å². The number of ether oxygens (including phenoxy) is 1. The normalized spacial score (nSPS) is 17.8. The molecular formula is C30H32N2O4S. The SMILES string of the molecule is COC(=O)c1cc(-c2ccc(-c3nc4ccccc4o3)cc2)sc1N(C(=O)C1CCC(C)CC1)C(C)C. The highest BCUT2D eigenvalue weighted by Crippen LogP contribution is 2.41. The van der Waals surface area contributed by atoms with E-state index in [1.165, 1.54) is 18.4 Å². The summed E-state index contributed by atoms with van der Waals surface area (Å²) in [5.74, 6) is 0.884. The third-order valence-corrected chi connectivity index (χ3v) is 8.35. The van der Waals surface area contributed by atoms with E-state index in [9.17, 15) is 9.59 Å². The van der Waals surface area contributed by atoms with Gasteiger partial charge in [-0.1, -0.05) is 31.2 Å². The number of carbonyl (C=O) groups excluding carboxylic acids is 2. The van der Waals surface area contributed by atoms with Gasteiger partial charge in [0.1, 0.15) is 10.5 Å². The van der Waals surface area contributed by atoms with Crippen molar-refractivity contribution in [1.82, 2.24) is 4.98 Å². The average molecular weight is 517 g/mol. The number of oxazole rings is 1. The number of hydrogen-bond acceptors (Lipinski definition) is 6. The molecular weight excluding hydrogens is 484 g/mol. The van der Waals surface area contributed by atoms with Crippen molar-refractivity contribution in [1.29, 1.82) is 0 Å². The van der Waals surface area contributed by atoms with Gasteiger partial charge in [0.15, 0.2) is 5.58 Å². The highest BCUT2D eigenvalue weighted by molar-refractivity contribution is 7.20. The molecule has 0 spiro atoms. The van der Waals surface area contributed by atoms with Crippen molar-refractivity contribution in [2.24, 2.45) is 11.8 Å². The van der Waals surface area contributed by atoms with Crippen LogP contribution in [0.5, 0.6) is 0 Å². The summed E-state index contributed by atoms with van der Waals surface area (Å²) in [5.41, 5.74) is 3.81. The summed E-state index contributed by atoms with van der Waals surface area (Å²) in [5, 5.41) is 0.656. The molecule has 2 aromatic carbocycles. The van der Waals surface area contributed by atoms with Gasteiger partial charge in [-0.3, -0.25) is 4.79 Å². The Morgan fingerprint density at radius 2 is 1.70 bits per heavy atom. The van der Waals surface area contributed by atoms with Crippen molar-refractivity contribution in [3.63, 3.8) is 0 Å². The first-order chi connectivity index (χ1) is 17.9. The van der Waals surface area contributed by atoms with E-state index < -0.39 is 5.97 Å². The highest BCUT2D eigenvalue weighted by Gasteiger charge is 2.34. The van der Waals surface area contributed by atoms with Crippen LogP contribution in [0.4, 0.5) is 5.00 Å². The van der Waals surface area contributed by atoms with E-state index >= 15 is 0 Å². The van der Waals surface area contributed by atoms with Crippen molar-refractivity contribution in [3.05, 3.63) is 60.2 Å². The number of carbonyl (C=O) groups is 2. The lowest BCUT2D eigenvalue weighted by molar-refractivity contribution is -0.123. The molecule has 0 bridgehead atoms. The monoisotopic (exact) mass is 516 g/mol. The van der Waals surface area contributed by atoms with Crippen LogP contribution in [0.15, 0.2) is 59.0 Å². The number of aromatic nitrogens is 1. The maximum Gasteiger partial charge on any atom is 0.340 e. The maximum absolute atomic E-state index is 13.7. The lowest BCUT2D eigenvalue weighted by Gasteiger charge is -2.33. The topological polar surface area (TPSA) is 72.6 Å². The summed E-state index contributed by atoms with van der Waals surface area (Å²) in [4.78, 5) is 33.8. The number of rotatable bonds is 6. The van der Waals surface area contributed by atoms with Crippen LogP contribution in [0.2, 0.25) is 0 Å². The molecule has 0 aliphatic heterocycles. The standard InChI is InChI=1S/C30H32N2O4S/c1-18(2)32(28(33)22-11-9-19(3)10-12-22)29-23(30(34)35-4)17-26(37-29)20-13-15-21(16-14-20)27-31-24-7-5-6-8-25(24)36-27/h5-8,13-19,22H,9-12H2,1-4H3. The zero-order chi connectivity index (χ0) is 26.1. The first-order valence-corrected chi connectivity index (χ1v) is 13.7. The minimum Gasteiger partial charge on any atom is -0.465 e. The Kier molecular flexibility index (Phi) is 7.15. The summed E-state index contributed by atoms with van der Waals surface area (Å²) in [6.07, 6.45) is 3.92. The number of para-hydroxylation sites is 2. The van der Waals surface area contributed by atoms with Crippen LogP contribution in [-0.2, 0) is 9.53 Å². The van der Waals surface area contributed by atoms with Gasteiger partial charge in [0.25, 0.3) is 0 Å². The van der Waals surface area contributed by atoms with Gasteiger partial charge in [0.05, 0.1) is 12.7 Å². The Hall–Kier alpha value is -3.45. The Labute approximate surface area is 221 Å². The first kappa shape index (κ1) is 25.2. The molecule has 5 rings (SSSR count). The molecule has 192 valence electrons. The van der Waals surface area contributed by atoms with Gasteiger partial charge in [0.2, 0.25) is 11.8 Å². The maximum atomic E-state index is 13.7. The second-order valence-electron chi connectivity index (χ2n) is 10.1. The largest absolute Gasteiger partial charge is 0.465 e. The molecule has 0 atom stereocenters. The van der Waals surface area contributed by atoms with Gasteiger partial charge in [-0.25, -0.2) is 9.78 Å². The summed E-state index contributed by atoms with van der Waals surface area (Å²) in [6.45, 7) is 6.25. The van der Waals surface area contributed by atoms with E-state index in [0.717, 1.165) is 52.8 Å². The number of methoxy groups -OCH3 is 1. The van der Waals surface area contributed by atoms with Crippen LogP contribution in [0.1, 0.15) is 56.8 Å². The van der Waals surface area contributed by atoms with Crippen molar-refractivity contribution in [3.8, 4) is 21.9 Å². The van der Waals surface area contributed by atoms with Crippen molar-refractivity contribution < 1.29 is 18.7 Å². The minimum atomic E-state index is -0.434. The van der Waals surface area contributed by atoms with E-state index in [0.29, 0.717) is 22.4 Å². The van der Waals surface area contributed by atoms with Crippen LogP contribution >= 0.6 is 11.3 Å². The number of benzene rings is 2. The number of fused-ring (bicyclic) bond motifs is 1. The number of nitrogens with zero attached hydrogens (tertiary/aromatic N) is 2. The number of amides is 1. The zero-order valence-electron chi connectivity index (χ0n) is 21.7. The fraction of sp³-hybridized carbons (Fsp3) is 0.367. The lowest BCUT2D eigenvalue weighted by Crippen LogP contribution is -2.42. The van der Waals surface area contributed by atoms with E-state index in [4.69, 9.17) is 9.15 Å². The minimum absolute atomic E-state index is 0.00904. The third kappa shape index (κ3) is 5.05. The molecule has 0 saturated heterocycles. The van der Waals surface area contributed by atoms with Crippen LogP contribution in [0.25, 0.3) is 33.0 Å². The van der Waals surface area contributed by atoms with Crippen molar-refractivity contribution >= 4 is 39.3 Å². The molecule has 7 heteroatoms. The van der Waals surface area contributed by atoms with Crippen LogP contribution < -0.4 is 4.90 Å². The Morgan fingerprint density at radius 3 is 2.35 bits per heavy atom. The molecule has 37 heavy (non-hydrogen) atoms. The van der Waals surface area contributed by atoms with Gasteiger partial charge < -0.3 is 14.1 Å². The second-order valence-corrected chi connectivity index (χ2v) is 11.2. The molecule has 1 fully saturated rings. The summed E-state index contributed by atoms with van der Waals surface area (Å²) in [7, 11) is 1.38. The van der Waals surface area contributed by atoms with Gasteiger partial charge in [-0.2, -0.15) is 0 Å². The molecule has 1 aliphatic carbocycles. The molecule has 4 aromatic rings. The van der Waals surface area contributed by atoms with Crippen LogP contribution in [0.3, 0.4) is 0 Å². The van der Waals surface area contributed by atoms with E-state index in [1.54, 1.807) is 0 Å². The number of thiophene rings is 1. The molecule has 2 heterocycles. The van der Waals surface area contributed by atoms with E-state index in [-0.39, 0.29) is 17.9 Å². The van der Waals surface area contributed by atoms with Gasteiger partial charge in [-0.15, -0.1) is 11.3 Å². The Morgan fingerprint density at radius 1 is 1.03 bits per heavy atom. The molecule has 1 aliphatic rings. The fourth-order valence-electron chi connectivity index (χ4n) is 5.02. The summed E-state index contributed by atoms with van der Waals surface area (Å²) < 4.78 is 11.0. The van der Waals surface area contributed by atoms with Gasteiger partial charge in [0, 0.05) is 22.4 Å². The summed E-state index contributed by atoms with van der Waals surface area (Å²) in [6, 6.07) is 17.4. The van der Waals surface area contributed by atoms with Crippen molar-refractivity contribution in [2.75, 3.05) is 12.0 Å². The Balaban J connectivity index is 1.48. The quantitative estimate of drug-likeness (QED) is 0.247. The number of esters is 1. The van der Waals surface area contributed by atoms with Crippen LogP contribution in [-0.4, -0.2) is 30.0 Å². The molecule has 1 saturated carbocycles. The highest BCUT2D eigenvalue weighted by atomic mass is 32.1. The molecule has 1 amide bonds. The Bertz CT molecular complexity index is 1380. The zero-order valence-corrected chi connectivity index (χ0v) is 22.5. The molecule has 0 radical (unpaired) electrons. The van der Waals surface area contributed by atoms with Crippen LogP contribution in [0, 0.1) is 11.8 Å². The van der Waals surface area contributed by atoms with E-state index in [1.807, 2.05) is 73.3 Å². The number of hydrogen-bond donors (Lipinski definition) is 0. The second kappa shape index (κ2) is 10.5. The average Bonchev–Trinajstić information content (AvgIpc) is 3.54. The molecule has 2 aromatic heterocycles. The third-order valence-electron chi connectivity index (χ3n) is 7.17. The summed E-state index contributed by atoms with van der Waals surface area (Å²) >= 11 is 1.46. The predicted molar refractivity (Wildman–Crippen MR) is 148 cm³/mol. The molecule has 0 N–H and O–H groups in total. The first-order valence-electron chi connectivity index (χ1n) is 12.9. The molecule has 0 unspecified atom stereocenters. The lowest BCUT2D eigenvalue weighted by atomic mass is 9.82. The number of anilines is 1. The molecule has 6 nitrogen and oxygen atoms in total. The fourth-order valence-corrected chi connectivity index (χ4v) is 6.31. The smallest absolute Gasteiger partial charge is 0.340 e. The predicted octanol–water partition coefficient (Wildman–Crippen LogP) is 7.58. The van der Waals surface area contributed by atoms with E-state index in [2.05, 4.69) is 11.9 Å². The van der Waals surface area contributed by atoms with Crippen molar-refractivity contribution in [2.45, 2.75) is 52.5 Å².